The number of imidazole rings is 1. The van der Waals surface area contributed by atoms with Crippen LogP contribution in [0.5, 0.6) is 0 Å². The van der Waals surface area contributed by atoms with E-state index in [-0.39, 0.29) is 11.7 Å². The predicted octanol–water partition coefficient (Wildman–Crippen LogP) is 2.44. The molecule has 3 rings (SSSR count). The molecule has 0 unspecified atom stereocenters. The molecule has 0 radical (unpaired) electrons. The smallest absolute Gasteiger partial charge is 0.243 e. The highest BCUT2D eigenvalue weighted by Crippen LogP contribution is 2.29. The van der Waals surface area contributed by atoms with Crippen molar-refractivity contribution in [3.05, 3.63) is 36.3 Å². The van der Waals surface area contributed by atoms with Crippen LogP contribution in [0.25, 0.3) is 11.3 Å². The molecule has 1 aromatic carbocycles. The van der Waals surface area contributed by atoms with Crippen LogP contribution in [0.1, 0.15) is 4.79 Å². The lowest BCUT2D eigenvalue weighted by molar-refractivity contribution is 0.0939. The minimum Gasteiger partial charge on any atom is -0.273 e. The van der Waals surface area contributed by atoms with Crippen molar-refractivity contribution in [2.24, 2.45) is 0 Å². The summed E-state index contributed by atoms with van der Waals surface area (Å²) in [6.45, 7) is 0. The Balaban J connectivity index is 2.12. The Bertz CT molecular complexity index is 579. The van der Waals surface area contributed by atoms with Crippen molar-refractivity contribution in [2.75, 3.05) is 5.75 Å². The molecule has 1 aliphatic rings. The first-order chi connectivity index (χ1) is 7.75. The van der Waals surface area contributed by atoms with Gasteiger partial charge in [-0.3, -0.25) is 9.36 Å². The molecule has 0 saturated carbocycles. The number of benzene rings is 1. The van der Waals surface area contributed by atoms with E-state index in [0.29, 0.717) is 22.2 Å². The van der Waals surface area contributed by atoms with E-state index in [2.05, 4.69) is 4.98 Å². The lowest BCUT2D eigenvalue weighted by atomic mass is 10.1. The van der Waals surface area contributed by atoms with Gasteiger partial charge < -0.3 is 0 Å². The predicted molar refractivity (Wildman–Crippen MR) is 59.0 cm³/mol. The van der Waals surface area contributed by atoms with Crippen molar-refractivity contribution in [1.29, 1.82) is 0 Å². The van der Waals surface area contributed by atoms with Crippen LogP contribution >= 0.6 is 11.8 Å². The van der Waals surface area contributed by atoms with Gasteiger partial charge in [0, 0.05) is 11.8 Å². The minimum absolute atomic E-state index is 0.00455. The Morgan fingerprint density at radius 1 is 1.38 bits per heavy atom. The summed E-state index contributed by atoms with van der Waals surface area (Å²) in [5.41, 5.74) is 0.937. The average molecular weight is 234 g/mol. The average Bonchev–Trinajstić information content (AvgIpc) is 2.82. The van der Waals surface area contributed by atoms with Crippen LogP contribution in [-0.4, -0.2) is 21.2 Å². The van der Waals surface area contributed by atoms with Crippen molar-refractivity contribution in [3.8, 4) is 11.3 Å². The topological polar surface area (TPSA) is 34.9 Å². The highest BCUT2D eigenvalue weighted by Gasteiger charge is 2.23. The molecule has 2 aromatic rings. The number of rotatable bonds is 1. The zero-order valence-electron chi connectivity index (χ0n) is 8.18. The fourth-order valence-electron chi connectivity index (χ4n) is 1.64. The fourth-order valence-corrected chi connectivity index (χ4v) is 2.49. The van der Waals surface area contributed by atoms with Gasteiger partial charge in [0.15, 0.2) is 5.16 Å². The Morgan fingerprint density at radius 3 is 2.94 bits per heavy atom. The van der Waals surface area contributed by atoms with Gasteiger partial charge in [-0.05, 0) is 12.1 Å². The molecule has 0 saturated heterocycles. The SMILES string of the molecule is O=C1CSc2nc(-c3ccccc3F)cn21. The number of carbonyl (C=O) groups is 1. The number of hydrogen-bond donors (Lipinski definition) is 0. The van der Waals surface area contributed by atoms with Crippen molar-refractivity contribution in [2.45, 2.75) is 5.16 Å². The molecule has 80 valence electrons. The quantitative estimate of drug-likeness (QED) is 0.760. The maximum Gasteiger partial charge on any atom is 0.243 e. The Kier molecular flexibility index (Phi) is 2.07. The molecular weight excluding hydrogens is 227 g/mol. The summed E-state index contributed by atoms with van der Waals surface area (Å²) in [6, 6.07) is 6.41. The van der Waals surface area contributed by atoms with Gasteiger partial charge in [-0.25, -0.2) is 9.37 Å². The zero-order valence-corrected chi connectivity index (χ0v) is 9.00. The first kappa shape index (κ1) is 9.59. The van der Waals surface area contributed by atoms with Crippen molar-refractivity contribution in [3.63, 3.8) is 0 Å². The number of halogens is 1. The van der Waals surface area contributed by atoms with Crippen LogP contribution in [0.2, 0.25) is 0 Å². The molecule has 0 N–H and O–H groups in total. The van der Waals surface area contributed by atoms with Gasteiger partial charge in [-0.15, -0.1) is 0 Å². The van der Waals surface area contributed by atoms with E-state index >= 15 is 0 Å². The second-order valence-electron chi connectivity index (χ2n) is 3.44. The van der Waals surface area contributed by atoms with E-state index in [1.807, 2.05) is 0 Å². The maximum absolute atomic E-state index is 13.5. The number of carbonyl (C=O) groups excluding carboxylic acids is 1. The van der Waals surface area contributed by atoms with Crippen LogP contribution in [0.4, 0.5) is 4.39 Å². The molecular formula is C11H7FN2OS. The van der Waals surface area contributed by atoms with E-state index in [4.69, 9.17) is 0 Å². The Hall–Kier alpha value is -1.62. The normalized spacial score (nSPS) is 14.2. The fraction of sp³-hybridized carbons (Fsp3) is 0.0909. The molecule has 0 spiro atoms. The monoisotopic (exact) mass is 234 g/mol. The van der Waals surface area contributed by atoms with Gasteiger partial charge in [-0.2, -0.15) is 0 Å². The number of aromatic nitrogens is 2. The largest absolute Gasteiger partial charge is 0.273 e. The summed E-state index contributed by atoms with van der Waals surface area (Å²) in [6.07, 6.45) is 1.59. The van der Waals surface area contributed by atoms with E-state index in [1.165, 1.54) is 22.4 Å². The van der Waals surface area contributed by atoms with Gasteiger partial charge in [0.2, 0.25) is 5.91 Å². The lowest BCUT2D eigenvalue weighted by Crippen LogP contribution is -2.04. The highest BCUT2D eigenvalue weighted by molar-refractivity contribution is 8.00. The number of fused-ring (bicyclic) bond motifs is 1. The summed E-state index contributed by atoms with van der Waals surface area (Å²) in [5.74, 6) is 0.0895. The molecule has 0 atom stereocenters. The molecule has 0 bridgehead atoms. The Labute approximate surface area is 95.3 Å². The van der Waals surface area contributed by atoms with Crippen LogP contribution < -0.4 is 0 Å². The minimum atomic E-state index is -0.322. The van der Waals surface area contributed by atoms with Crippen LogP contribution in [0.15, 0.2) is 35.6 Å². The summed E-state index contributed by atoms with van der Waals surface area (Å²) in [7, 11) is 0. The number of nitrogens with zero attached hydrogens (tertiary/aromatic N) is 2. The third-order valence-corrected chi connectivity index (χ3v) is 3.35. The second kappa shape index (κ2) is 3.45. The van der Waals surface area contributed by atoms with Gasteiger partial charge in [0.1, 0.15) is 5.82 Å². The summed E-state index contributed by atoms with van der Waals surface area (Å²) in [4.78, 5) is 15.6. The second-order valence-corrected chi connectivity index (χ2v) is 4.38. The molecule has 16 heavy (non-hydrogen) atoms. The third-order valence-electron chi connectivity index (χ3n) is 2.42. The van der Waals surface area contributed by atoms with Gasteiger partial charge in [0.25, 0.3) is 0 Å². The molecule has 1 aromatic heterocycles. The van der Waals surface area contributed by atoms with E-state index < -0.39 is 0 Å². The molecule has 0 aliphatic carbocycles. The Morgan fingerprint density at radius 2 is 2.19 bits per heavy atom. The summed E-state index contributed by atoms with van der Waals surface area (Å²) in [5, 5.41) is 0.642. The summed E-state index contributed by atoms with van der Waals surface area (Å²) >= 11 is 1.38. The molecule has 1 aliphatic heterocycles. The first-order valence-corrected chi connectivity index (χ1v) is 5.74. The molecule has 3 nitrogen and oxygen atoms in total. The van der Waals surface area contributed by atoms with Gasteiger partial charge >= 0.3 is 0 Å². The number of thioether (sulfide) groups is 1. The van der Waals surface area contributed by atoms with Crippen LogP contribution in [-0.2, 0) is 0 Å². The van der Waals surface area contributed by atoms with Crippen molar-refractivity contribution >= 4 is 17.7 Å². The van der Waals surface area contributed by atoms with Crippen molar-refractivity contribution in [1.82, 2.24) is 9.55 Å². The van der Waals surface area contributed by atoms with Gasteiger partial charge in [-0.1, -0.05) is 23.9 Å². The van der Waals surface area contributed by atoms with Gasteiger partial charge in [0.05, 0.1) is 11.4 Å². The van der Waals surface area contributed by atoms with Crippen LogP contribution in [0.3, 0.4) is 0 Å². The first-order valence-electron chi connectivity index (χ1n) is 4.76. The summed E-state index contributed by atoms with van der Waals surface area (Å²) < 4.78 is 15.0. The molecule has 0 amide bonds. The highest BCUT2D eigenvalue weighted by atomic mass is 32.2. The molecule has 5 heteroatoms. The standard InChI is InChI=1S/C11H7FN2OS/c12-8-4-2-1-3-7(8)9-5-14-10(15)6-16-11(14)13-9/h1-5H,6H2. The van der Waals surface area contributed by atoms with E-state index in [9.17, 15) is 9.18 Å². The third kappa shape index (κ3) is 1.36. The molecule has 2 heterocycles. The number of hydrogen-bond acceptors (Lipinski definition) is 3. The van der Waals surface area contributed by atoms with E-state index in [0.717, 1.165) is 0 Å². The lowest BCUT2D eigenvalue weighted by Gasteiger charge is -1.97. The zero-order chi connectivity index (χ0) is 11.1. The maximum atomic E-state index is 13.5. The van der Waals surface area contributed by atoms with E-state index in [1.54, 1.807) is 24.4 Å². The molecule has 0 fully saturated rings. The van der Waals surface area contributed by atoms with Crippen molar-refractivity contribution < 1.29 is 9.18 Å². The van der Waals surface area contributed by atoms with Crippen LogP contribution in [0, 0.1) is 5.82 Å².